The Labute approximate surface area is 212 Å². The second kappa shape index (κ2) is 8.07. The normalized spacial score (nSPS) is 13.4. The summed E-state index contributed by atoms with van der Waals surface area (Å²) in [4.78, 5) is 0. The van der Waals surface area contributed by atoms with Gasteiger partial charge < -0.3 is 0 Å². The van der Waals surface area contributed by atoms with Crippen molar-refractivity contribution in [1.29, 1.82) is 0 Å². The summed E-state index contributed by atoms with van der Waals surface area (Å²) in [5.74, 6) is 0. The smallest absolute Gasteiger partial charge is 0.0622 e. The van der Waals surface area contributed by atoms with E-state index in [0.29, 0.717) is 0 Å². The quantitative estimate of drug-likeness (QED) is 0.248. The van der Waals surface area contributed by atoms with Gasteiger partial charge in [-0.1, -0.05) is 133 Å². The Balaban J connectivity index is 1.59. The maximum atomic E-state index is 2.45. The molecule has 1 aliphatic rings. The molecule has 6 aromatic rings. The lowest BCUT2D eigenvalue weighted by atomic mass is 9.67. The number of rotatable bonds is 3. The molecular formula is C36H26. The fraction of sp³-hybridized carbons (Fsp3) is 0.0556. The maximum absolute atomic E-state index is 2.45. The minimum Gasteiger partial charge on any atom is -0.0622 e. The first-order valence-corrected chi connectivity index (χ1v) is 12.6. The van der Waals surface area contributed by atoms with Crippen molar-refractivity contribution in [2.45, 2.75) is 12.3 Å². The minimum absolute atomic E-state index is 0.370. The molecule has 0 unspecified atom stereocenters. The van der Waals surface area contributed by atoms with E-state index in [0.717, 1.165) is 0 Å². The molecule has 0 bridgehead atoms. The number of fused-ring (bicyclic) bond motifs is 4. The zero-order valence-electron chi connectivity index (χ0n) is 20.3. The van der Waals surface area contributed by atoms with Crippen LogP contribution in [0.25, 0.3) is 33.0 Å². The van der Waals surface area contributed by atoms with Gasteiger partial charge in [-0.2, -0.15) is 0 Å². The highest BCUT2D eigenvalue weighted by Crippen LogP contribution is 2.56. The lowest BCUT2D eigenvalue weighted by Gasteiger charge is -2.34. The molecule has 0 atom stereocenters. The van der Waals surface area contributed by atoms with Gasteiger partial charge in [0.05, 0.1) is 5.41 Å². The van der Waals surface area contributed by atoms with Crippen molar-refractivity contribution >= 4 is 10.8 Å². The highest BCUT2D eigenvalue weighted by molar-refractivity contribution is 5.99. The number of hydrogen-bond donors (Lipinski definition) is 0. The fourth-order valence-corrected chi connectivity index (χ4v) is 6.31. The lowest BCUT2D eigenvalue weighted by molar-refractivity contribution is 0.769. The van der Waals surface area contributed by atoms with E-state index in [4.69, 9.17) is 0 Å². The van der Waals surface area contributed by atoms with Crippen LogP contribution in [0.15, 0.2) is 140 Å². The first-order valence-electron chi connectivity index (χ1n) is 12.6. The van der Waals surface area contributed by atoms with Crippen LogP contribution in [0.2, 0.25) is 0 Å². The predicted octanol–water partition coefficient (Wildman–Crippen LogP) is 9.18. The molecule has 6 aromatic carbocycles. The predicted molar refractivity (Wildman–Crippen MR) is 151 cm³/mol. The van der Waals surface area contributed by atoms with Crippen LogP contribution in [0, 0.1) is 6.92 Å². The SMILES string of the molecule is Cc1ccc(-c2ccc3c(c2)C(c2ccccc2)(c2ccccc2)c2ccccc2-3)c2ccccc12. The van der Waals surface area contributed by atoms with E-state index in [2.05, 4.69) is 146 Å². The topological polar surface area (TPSA) is 0 Å². The van der Waals surface area contributed by atoms with Crippen molar-refractivity contribution in [3.05, 3.63) is 167 Å². The highest BCUT2D eigenvalue weighted by Gasteiger charge is 2.46. The fourth-order valence-electron chi connectivity index (χ4n) is 6.31. The van der Waals surface area contributed by atoms with Gasteiger partial charge in [0.15, 0.2) is 0 Å². The molecule has 7 rings (SSSR count). The molecule has 0 saturated carbocycles. The molecule has 36 heavy (non-hydrogen) atoms. The molecule has 0 radical (unpaired) electrons. The molecule has 0 N–H and O–H groups in total. The van der Waals surface area contributed by atoms with Gasteiger partial charge in [0, 0.05) is 0 Å². The van der Waals surface area contributed by atoms with E-state index in [9.17, 15) is 0 Å². The van der Waals surface area contributed by atoms with Gasteiger partial charge in [0.25, 0.3) is 0 Å². The van der Waals surface area contributed by atoms with Crippen molar-refractivity contribution in [3.63, 3.8) is 0 Å². The molecule has 0 heterocycles. The van der Waals surface area contributed by atoms with E-state index in [1.807, 2.05) is 0 Å². The Bertz CT molecular complexity index is 1690. The molecular weight excluding hydrogens is 432 g/mol. The third-order valence-corrected chi connectivity index (χ3v) is 7.91. The van der Waals surface area contributed by atoms with E-state index >= 15 is 0 Å². The summed E-state index contributed by atoms with van der Waals surface area (Å²) in [6, 6.07) is 51.3. The Morgan fingerprint density at radius 1 is 0.417 bits per heavy atom. The van der Waals surface area contributed by atoms with E-state index in [1.165, 1.54) is 60.8 Å². The summed E-state index contributed by atoms with van der Waals surface area (Å²) in [6.07, 6.45) is 0. The summed E-state index contributed by atoms with van der Waals surface area (Å²) in [7, 11) is 0. The van der Waals surface area contributed by atoms with Crippen molar-refractivity contribution in [1.82, 2.24) is 0 Å². The van der Waals surface area contributed by atoms with Crippen LogP contribution in [0.4, 0.5) is 0 Å². The number of aryl methyl sites for hydroxylation is 1. The molecule has 1 aliphatic carbocycles. The third kappa shape index (κ3) is 2.88. The van der Waals surface area contributed by atoms with Gasteiger partial charge in [0.2, 0.25) is 0 Å². The molecule has 170 valence electrons. The largest absolute Gasteiger partial charge is 0.0713 e. The van der Waals surface area contributed by atoms with E-state index in [-0.39, 0.29) is 5.41 Å². The zero-order chi connectivity index (χ0) is 24.1. The summed E-state index contributed by atoms with van der Waals surface area (Å²) >= 11 is 0. The molecule has 0 saturated heterocycles. The van der Waals surface area contributed by atoms with Crippen LogP contribution in [-0.2, 0) is 5.41 Å². The van der Waals surface area contributed by atoms with Crippen LogP contribution in [0.5, 0.6) is 0 Å². The van der Waals surface area contributed by atoms with E-state index < -0.39 is 0 Å². The van der Waals surface area contributed by atoms with Crippen LogP contribution in [0.3, 0.4) is 0 Å². The van der Waals surface area contributed by atoms with Gasteiger partial charge in [0.1, 0.15) is 0 Å². The van der Waals surface area contributed by atoms with Crippen LogP contribution in [0.1, 0.15) is 27.8 Å². The molecule has 0 heteroatoms. The van der Waals surface area contributed by atoms with Gasteiger partial charge >= 0.3 is 0 Å². The molecule has 0 fully saturated rings. The molecule has 0 amide bonds. The average Bonchev–Trinajstić information content (AvgIpc) is 3.25. The summed E-state index contributed by atoms with van der Waals surface area (Å²) in [6.45, 7) is 2.20. The van der Waals surface area contributed by atoms with Crippen LogP contribution >= 0.6 is 0 Å². The third-order valence-electron chi connectivity index (χ3n) is 7.91. The lowest BCUT2D eigenvalue weighted by Crippen LogP contribution is -2.28. The van der Waals surface area contributed by atoms with Gasteiger partial charge in [-0.3, -0.25) is 0 Å². The van der Waals surface area contributed by atoms with E-state index in [1.54, 1.807) is 0 Å². The van der Waals surface area contributed by atoms with Crippen molar-refractivity contribution in [2.75, 3.05) is 0 Å². The second-order valence-corrected chi connectivity index (χ2v) is 9.76. The number of benzene rings is 6. The molecule has 0 spiro atoms. The first kappa shape index (κ1) is 20.9. The van der Waals surface area contributed by atoms with Gasteiger partial charge in [-0.05, 0) is 73.8 Å². The Morgan fingerprint density at radius 3 is 1.69 bits per heavy atom. The van der Waals surface area contributed by atoms with Crippen LogP contribution < -0.4 is 0 Å². The van der Waals surface area contributed by atoms with Gasteiger partial charge in [-0.25, -0.2) is 0 Å². The minimum atomic E-state index is -0.370. The number of hydrogen-bond acceptors (Lipinski definition) is 0. The molecule has 0 aliphatic heterocycles. The monoisotopic (exact) mass is 458 g/mol. The van der Waals surface area contributed by atoms with Gasteiger partial charge in [-0.15, -0.1) is 0 Å². The summed E-state index contributed by atoms with van der Waals surface area (Å²) < 4.78 is 0. The van der Waals surface area contributed by atoms with Crippen molar-refractivity contribution < 1.29 is 0 Å². The zero-order valence-corrected chi connectivity index (χ0v) is 20.3. The van der Waals surface area contributed by atoms with Crippen LogP contribution in [-0.4, -0.2) is 0 Å². The Kier molecular flexibility index (Phi) is 4.69. The van der Waals surface area contributed by atoms with Crippen molar-refractivity contribution in [3.8, 4) is 22.3 Å². The summed E-state index contributed by atoms with van der Waals surface area (Å²) in [5, 5.41) is 2.62. The average molecular weight is 459 g/mol. The Morgan fingerprint density at radius 2 is 0.972 bits per heavy atom. The molecule has 0 nitrogen and oxygen atoms in total. The standard InChI is InChI=1S/C36H26/c1-25-20-22-30(31-17-9-8-16-29(25)31)26-21-23-33-32-18-10-11-19-34(32)36(35(33)24-26,27-12-4-2-5-13-27)28-14-6-3-7-15-28/h2-24H,1H3. The first-order chi connectivity index (χ1) is 17.8. The molecule has 0 aromatic heterocycles. The summed E-state index contributed by atoms with van der Waals surface area (Å²) in [5.41, 5.74) is 11.4. The second-order valence-electron chi connectivity index (χ2n) is 9.76. The Hall–Kier alpha value is -4.42. The van der Waals surface area contributed by atoms with Crippen molar-refractivity contribution in [2.24, 2.45) is 0 Å². The maximum Gasteiger partial charge on any atom is 0.0713 e. The highest BCUT2D eigenvalue weighted by atomic mass is 14.5.